The van der Waals surface area contributed by atoms with Crippen molar-refractivity contribution in [3.8, 4) is 0 Å². The van der Waals surface area contributed by atoms with E-state index in [0.29, 0.717) is 0 Å². The van der Waals surface area contributed by atoms with Crippen LogP contribution in [0.5, 0.6) is 0 Å². The van der Waals surface area contributed by atoms with Crippen LogP contribution < -0.4 is 0 Å². The van der Waals surface area contributed by atoms with Crippen LogP contribution in [0.1, 0.15) is 13.8 Å². The second-order valence-corrected chi connectivity index (χ2v) is 20.6. The van der Waals surface area contributed by atoms with Gasteiger partial charge in [-0.05, 0) is 13.8 Å². The summed E-state index contributed by atoms with van der Waals surface area (Å²) in [6, 6.07) is 0. The second-order valence-electron chi connectivity index (χ2n) is 1.67. The highest BCUT2D eigenvalue weighted by Crippen LogP contribution is 2.24. The Bertz CT molecular complexity index is 113. The van der Waals surface area contributed by atoms with Crippen LogP contribution in [0, 0.1) is 0 Å². The van der Waals surface area contributed by atoms with Crippen molar-refractivity contribution in [1.82, 2.24) is 0 Å². The summed E-state index contributed by atoms with van der Waals surface area (Å²) in [6.45, 7) is 4.14. The first-order valence-electron chi connectivity index (χ1n) is 2.78. The van der Waals surface area contributed by atoms with E-state index in [2.05, 4.69) is 81.0 Å². The monoisotopic (exact) mass is 364 g/mol. The number of hydrogen-bond donors (Lipinski definition) is 0. The van der Waals surface area contributed by atoms with E-state index < -0.39 is 3.07 Å². The van der Waals surface area contributed by atoms with Crippen molar-refractivity contribution in [3.05, 3.63) is 23.6 Å². The maximum absolute atomic E-state index is 2.53. The molecule has 0 saturated carbocycles. The zero-order valence-corrected chi connectivity index (χ0v) is 10.9. The molecule has 0 aromatic rings. The van der Waals surface area contributed by atoms with E-state index in [4.69, 9.17) is 0 Å². The van der Waals surface area contributed by atoms with Crippen LogP contribution in [0.25, 0.3) is 0 Å². The zero-order valence-electron chi connectivity index (χ0n) is 5.57. The van der Waals surface area contributed by atoms with Crippen molar-refractivity contribution < 1.29 is 0 Å². The molecule has 0 spiro atoms. The molecule has 52 valence electrons. The lowest BCUT2D eigenvalue weighted by Crippen LogP contribution is -2.08. The lowest BCUT2D eigenvalue weighted by atomic mass is 10.8. The lowest BCUT2D eigenvalue weighted by molar-refractivity contribution is 1.76. The van der Waals surface area contributed by atoms with Crippen LogP contribution in [0.15, 0.2) is 23.6 Å². The first-order valence-corrected chi connectivity index (χ1v) is 11.2. The van der Waals surface area contributed by atoms with Gasteiger partial charge in [0.15, 0.2) is 0 Å². The molecular formula is C6H10I2Si. The molecule has 9 heavy (non-hydrogen) atoms. The highest BCUT2D eigenvalue weighted by atomic mass is 127. The van der Waals surface area contributed by atoms with Gasteiger partial charge in [0, 0.05) is 0 Å². The van der Waals surface area contributed by atoms with Gasteiger partial charge in [-0.1, -0.05) is 67.1 Å². The standard InChI is InChI=1S/C6H10I2Si/c1-3-5-9(7,8)6-4-2/h3-6H,1-2H3. The molecule has 3 heteroatoms. The molecule has 0 aliphatic carbocycles. The normalized spacial score (nSPS) is 13.8. The van der Waals surface area contributed by atoms with Crippen LogP contribution in [0.3, 0.4) is 0 Å². The predicted octanol–water partition coefficient (Wildman–Crippen LogP) is 3.53. The molecule has 0 unspecified atom stereocenters. The highest BCUT2D eigenvalue weighted by Gasteiger charge is 2.16. The topological polar surface area (TPSA) is 0 Å². The van der Waals surface area contributed by atoms with Crippen LogP contribution >= 0.6 is 43.6 Å². The highest BCUT2D eigenvalue weighted by molar-refractivity contribution is 14.3. The summed E-state index contributed by atoms with van der Waals surface area (Å²) < 4.78 is -1.12. The van der Waals surface area contributed by atoms with Crippen LogP contribution in [-0.4, -0.2) is 3.07 Å². The van der Waals surface area contributed by atoms with Gasteiger partial charge in [0.2, 0.25) is 3.07 Å². The van der Waals surface area contributed by atoms with Gasteiger partial charge < -0.3 is 0 Å². The van der Waals surface area contributed by atoms with Gasteiger partial charge in [-0.2, -0.15) is 0 Å². The average Bonchev–Trinajstić information content (AvgIpc) is 1.64. The van der Waals surface area contributed by atoms with E-state index in [0.717, 1.165) is 0 Å². The quantitative estimate of drug-likeness (QED) is 0.400. The first-order chi connectivity index (χ1) is 4.12. The molecular weight excluding hydrogens is 354 g/mol. The third kappa shape index (κ3) is 5.59. The van der Waals surface area contributed by atoms with Crippen molar-refractivity contribution in [3.63, 3.8) is 0 Å². The Balaban J connectivity index is 4.01. The Morgan fingerprint density at radius 1 is 1.00 bits per heavy atom. The molecule has 0 aliphatic rings. The molecule has 0 aromatic heterocycles. The molecule has 0 saturated heterocycles. The molecule has 0 heterocycles. The van der Waals surface area contributed by atoms with Crippen molar-refractivity contribution in [2.24, 2.45) is 0 Å². The minimum absolute atomic E-state index is 1.12. The Labute approximate surface area is 83.2 Å². The van der Waals surface area contributed by atoms with Gasteiger partial charge in [-0.3, -0.25) is 0 Å². The van der Waals surface area contributed by atoms with Gasteiger partial charge in [-0.15, -0.1) is 0 Å². The number of halogens is 2. The summed E-state index contributed by atoms with van der Waals surface area (Å²) in [7, 11) is 0. The largest absolute Gasteiger partial charge is 0.236 e. The van der Waals surface area contributed by atoms with E-state index in [1.807, 2.05) is 0 Å². The SMILES string of the molecule is CC=C[Si](I)(I)C=CC. The van der Waals surface area contributed by atoms with E-state index in [9.17, 15) is 0 Å². The van der Waals surface area contributed by atoms with Crippen molar-refractivity contribution in [2.75, 3.05) is 0 Å². The molecule has 0 fully saturated rings. The molecule has 0 aliphatic heterocycles. The van der Waals surface area contributed by atoms with Crippen molar-refractivity contribution in [2.45, 2.75) is 13.8 Å². The molecule has 0 N–H and O–H groups in total. The van der Waals surface area contributed by atoms with E-state index in [1.54, 1.807) is 0 Å². The van der Waals surface area contributed by atoms with Gasteiger partial charge in [0.1, 0.15) is 0 Å². The molecule has 0 radical (unpaired) electrons. The third-order valence-electron chi connectivity index (χ3n) is 0.778. The fourth-order valence-electron chi connectivity index (χ4n) is 0.500. The van der Waals surface area contributed by atoms with Crippen molar-refractivity contribution >= 4 is 46.7 Å². The van der Waals surface area contributed by atoms with E-state index in [1.165, 1.54) is 0 Å². The Hall–Kier alpha value is 1.16. The van der Waals surface area contributed by atoms with Crippen LogP contribution in [0.4, 0.5) is 0 Å². The maximum Gasteiger partial charge on any atom is 0.236 e. The third-order valence-corrected chi connectivity index (χ3v) is 6.65. The second kappa shape index (κ2) is 4.89. The van der Waals surface area contributed by atoms with Gasteiger partial charge in [0.05, 0.1) is 0 Å². The number of hydrogen-bond acceptors (Lipinski definition) is 0. The lowest BCUT2D eigenvalue weighted by Gasteiger charge is -2.03. The van der Waals surface area contributed by atoms with Crippen LogP contribution in [0.2, 0.25) is 0 Å². The minimum atomic E-state index is -1.12. The Morgan fingerprint density at radius 3 is 1.56 bits per heavy atom. The van der Waals surface area contributed by atoms with Gasteiger partial charge in [-0.25, -0.2) is 0 Å². The summed E-state index contributed by atoms with van der Waals surface area (Å²) in [6.07, 6.45) is 4.26. The van der Waals surface area contributed by atoms with E-state index in [-0.39, 0.29) is 0 Å². The molecule has 0 rings (SSSR count). The smallest absolute Gasteiger partial charge is 0.0937 e. The minimum Gasteiger partial charge on any atom is -0.0937 e. The Morgan fingerprint density at radius 2 is 1.33 bits per heavy atom. The summed E-state index contributed by atoms with van der Waals surface area (Å²) in [5, 5.41) is 0. The Kier molecular flexibility index (Phi) is 5.52. The summed E-state index contributed by atoms with van der Waals surface area (Å²) in [4.78, 5) is 0. The summed E-state index contributed by atoms with van der Waals surface area (Å²) >= 11 is 5.06. The molecule has 0 bridgehead atoms. The average molecular weight is 364 g/mol. The molecule has 0 amide bonds. The fourth-order valence-corrected chi connectivity index (χ4v) is 5.81. The van der Waals surface area contributed by atoms with E-state index >= 15 is 0 Å². The number of allylic oxidation sites excluding steroid dienone is 2. The van der Waals surface area contributed by atoms with Crippen LogP contribution in [-0.2, 0) is 0 Å². The summed E-state index contributed by atoms with van der Waals surface area (Å²) in [5.74, 6) is 0. The maximum atomic E-state index is 2.53. The van der Waals surface area contributed by atoms with Gasteiger partial charge in [0.25, 0.3) is 0 Å². The first kappa shape index (κ1) is 10.2. The number of rotatable bonds is 2. The zero-order chi connectivity index (χ0) is 7.33. The summed E-state index contributed by atoms with van der Waals surface area (Å²) in [5.41, 5.74) is 4.60. The molecule has 0 aromatic carbocycles. The van der Waals surface area contributed by atoms with Crippen molar-refractivity contribution in [1.29, 1.82) is 0 Å². The van der Waals surface area contributed by atoms with Gasteiger partial charge >= 0.3 is 0 Å². The molecule has 0 atom stereocenters. The predicted molar refractivity (Wildman–Crippen MR) is 63.4 cm³/mol. The molecule has 0 nitrogen and oxygen atoms in total. The fraction of sp³-hybridized carbons (Fsp3) is 0.333.